The van der Waals surface area contributed by atoms with Crippen LogP contribution in [0.5, 0.6) is 0 Å². The molecule has 0 aliphatic carbocycles. The van der Waals surface area contributed by atoms with E-state index in [1.54, 1.807) is 24.3 Å². The van der Waals surface area contributed by atoms with E-state index in [9.17, 15) is 4.79 Å². The number of carbonyl (C=O) groups excluding carboxylic acids is 1. The van der Waals surface area contributed by atoms with Crippen molar-refractivity contribution < 1.29 is 14.6 Å². The van der Waals surface area contributed by atoms with Crippen molar-refractivity contribution in [2.24, 2.45) is 5.73 Å². The first-order valence-electron chi connectivity index (χ1n) is 4.23. The summed E-state index contributed by atoms with van der Waals surface area (Å²) in [7, 11) is 1.32. The molecule has 0 aliphatic heterocycles. The Morgan fingerprint density at radius 1 is 1.60 bits per heavy atom. The number of hydrogen-bond acceptors (Lipinski definition) is 4. The van der Waals surface area contributed by atoms with Crippen molar-refractivity contribution >= 4 is 18.4 Å². The lowest BCUT2D eigenvalue weighted by molar-refractivity contribution is 0.0600. The lowest BCUT2D eigenvalue weighted by Gasteiger charge is -2.09. The second kappa shape index (κ2) is 6.40. The number of nitrogens with two attached hydrogens (primary N) is 1. The molecule has 0 radical (unpaired) electrons. The standard InChI is InChI=1S/C10H13NO3.ClH/c1-14-10(13)8-4-2-3-7(5-8)9(11)6-12;/h2-5,9,12H,6,11H2,1H3;1H/t9-;/m0./s1. The average molecular weight is 232 g/mol. The zero-order valence-corrected chi connectivity index (χ0v) is 9.16. The van der Waals surface area contributed by atoms with Gasteiger partial charge in [0.1, 0.15) is 0 Å². The summed E-state index contributed by atoms with van der Waals surface area (Å²) in [5.41, 5.74) is 6.76. The first kappa shape index (κ1) is 13.9. The lowest BCUT2D eigenvalue weighted by Crippen LogP contribution is -2.15. The zero-order chi connectivity index (χ0) is 10.6. The number of esters is 1. The number of aliphatic hydroxyl groups excluding tert-OH is 1. The van der Waals surface area contributed by atoms with Gasteiger partial charge in [-0.2, -0.15) is 0 Å². The quantitative estimate of drug-likeness (QED) is 0.758. The molecule has 0 heterocycles. The van der Waals surface area contributed by atoms with E-state index < -0.39 is 12.0 Å². The molecule has 84 valence electrons. The van der Waals surface area contributed by atoms with Crippen LogP contribution in [0.25, 0.3) is 0 Å². The topological polar surface area (TPSA) is 72.5 Å². The Morgan fingerprint density at radius 2 is 2.27 bits per heavy atom. The van der Waals surface area contributed by atoms with Crippen LogP contribution in [0.1, 0.15) is 22.0 Å². The normalized spacial score (nSPS) is 11.4. The van der Waals surface area contributed by atoms with Gasteiger partial charge in [-0.05, 0) is 17.7 Å². The first-order valence-corrected chi connectivity index (χ1v) is 4.23. The molecule has 0 spiro atoms. The number of methoxy groups -OCH3 is 1. The van der Waals surface area contributed by atoms with Crippen LogP contribution in [0.2, 0.25) is 0 Å². The van der Waals surface area contributed by atoms with Gasteiger partial charge in [-0.25, -0.2) is 4.79 Å². The largest absolute Gasteiger partial charge is 0.465 e. The summed E-state index contributed by atoms with van der Waals surface area (Å²) in [5, 5.41) is 8.83. The summed E-state index contributed by atoms with van der Waals surface area (Å²) < 4.78 is 4.56. The van der Waals surface area contributed by atoms with E-state index in [1.807, 2.05) is 0 Å². The molecule has 1 aromatic rings. The van der Waals surface area contributed by atoms with Crippen LogP contribution in [-0.4, -0.2) is 24.8 Å². The summed E-state index contributed by atoms with van der Waals surface area (Å²) >= 11 is 0. The molecule has 1 rings (SSSR count). The second-order valence-electron chi connectivity index (χ2n) is 2.91. The van der Waals surface area contributed by atoms with Gasteiger partial charge in [0.05, 0.1) is 25.3 Å². The molecule has 0 aromatic heterocycles. The highest BCUT2D eigenvalue weighted by atomic mass is 35.5. The van der Waals surface area contributed by atoms with Gasteiger partial charge in [0, 0.05) is 0 Å². The van der Waals surface area contributed by atoms with Crippen molar-refractivity contribution in [3.63, 3.8) is 0 Å². The van der Waals surface area contributed by atoms with Crippen LogP contribution in [0, 0.1) is 0 Å². The third kappa shape index (κ3) is 3.51. The van der Waals surface area contributed by atoms with Crippen LogP contribution in [-0.2, 0) is 4.74 Å². The predicted octanol–water partition coefficient (Wildman–Crippen LogP) is 0.887. The molecule has 0 saturated carbocycles. The van der Waals surface area contributed by atoms with Crippen molar-refractivity contribution in [1.82, 2.24) is 0 Å². The summed E-state index contributed by atoms with van der Waals surface area (Å²) in [6.07, 6.45) is 0. The fraction of sp³-hybridized carbons (Fsp3) is 0.300. The minimum Gasteiger partial charge on any atom is -0.465 e. The summed E-state index contributed by atoms with van der Waals surface area (Å²) in [6, 6.07) is 6.26. The number of ether oxygens (including phenoxy) is 1. The van der Waals surface area contributed by atoms with E-state index >= 15 is 0 Å². The van der Waals surface area contributed by atoms with E-state index in [-0.39, 0.29) is 19.0 Å². The van der Waals surface area contributed by atoms with Gasteiger partial charge < -0.3 is 15.6 Å². The van der Waals surface area contributed by atoms with Gasteiger partial charge >= 0.3 is 5.97 Å². The zero-order valence-electron chi connectivity index (χ0n) is 8.34. The van der Waals surface area contributed by atoms with Gasteiger partial charge in [0.2, 0.25) is 0 Å². The Bertz CT molecular complexity index is 330. The maximum atomic E-state index is 11.2. The number of halogens is 1. The van der Waals surface area contributed by atoms with E-state index in [1.165, 1.54) is 7.11 Å². The number of carbonyl (C=O) groups is 1. The van der Waals surface area contributed by atoms with E-state index in [0.29, 0.717) is 5.56 Å². The maximum Gasteiger partial charge on any atom is 0.337 e. The SMILES string of the molecule is COC(=O)c1cccc([C@@H](N)CO)c1.Cl. The number of hydrogen-bond donors (Lipinski definition) is 2. The van der Waals surface area contributed by atoms with Gasteiger partial charge in [-0.3, -0.25) is 0 Å². The maximum absolute atomic E-state index is 11.2. The Labute approximate surface area is 94.5 Å². The molecular weight excluding hydrogens is 218 g/mol. The van der Waals surface area contributed by atoms with Crippen LogP contribution in [0.4, 0.5) is 0 Å². The van der Waals surface area contributed by atoms with E-state index in [2.05, 4.69) is 4.74 Å². The molecule has 0 fully saturated rings. The van der Waals surface area contributed by atoms with Gasteiger partial charge in [0.25, 0.3) is 0 Å². The Morgan fingerprint density at radius 3 is 2.80 bits per heavy atom. The lowest BCUT2D eigenvalue weighted by atomic mass is 10.1. The monoisotopic (exact) mass is 231 g/mol. The summed E-state index contributed by atoms with van der Waals surface area (Å²) in [6.45, 7) is -0.148. The van der Waals surface area contributed by atoms with Crippen LogP contribution in [0.15, 0.2) is 24.3 Å². The molecule has 0 aliphatic rings. The fourth-order valence-electron chi connectivity index (χ4n) is 1.12. The average Bonchev–Trinajstić information content (AvgIpc) is 2.27. The predicted molar refractivity (Wildman–Crippen MR) is 59.0 cm³/mol. The molecular formula is C10H14ClNO3. The third-order valence-electron chi connectivity index (χ3n) is 1.93. The molecule has 15 heavy (non-hydrogen) atoms. The Kier molecular flexibility index (Phi) is 5.93. The van der Waals surface area contributed by atoms with Crippen LogP contribution in [0.3, 0.4) is 0 Å². The smallest absolute Gasteiger partial charge is 0.337 e. The summed E-state index contributed by atoms with van der Waals surface area (Å²) in [4.78, 5) is 11.2. The van der Waals surface area contributed by atoms with Gasteiger partial charge in [0.15, 0.2) is 0 Å². The second-order valence-corrected chi connectivity index (χ2v) is 2.91. The Balaban J connectivity index is 0.00000196. The van der Waals surface area contributed by atoms with E-state index in [4.69, 9.17) is 10.8 Å². The molecule has 0 unspecified atom stereocenters. The highest BCUT2D eigenvalue weighted by molar-refractivity contribution is 5.89. The number of rotatable bonds is 3. The summed E-state index contributed by atoms with van der Waals surface area (Å²) in [5.74, 6) is -0.406. The van der Waals surface area contributed by atoms with Gasteiger partial charge in [-0.15, -0.1) is 12.4 Å². The highest BCUT2D eigenvalue weighted by Gasteiger charge is 2.09. The third-order valence-corrected chi connectivity index (χ3v) is 1.93. The molecule has 0 bridgehead atoms. The van der Waals surface area contributed by atoms with Crippen LogP contribution < -0.4 is 5.73 Å². The molecule has 0 saturated heterocycles. The molecule has 4 nitrogen and oxygen atoms in total. The fourth-order valence-corrected chi connectivity index (χ4v) is 1.12. The Hall–Kier alpha value is -1.10. The molecule has 0 amide bonds. The van der Waals surface area contributed by atoms with Crippen molar-refractivity contribution in [1.29, 1.82) is 0 Å². The van der Waals surface area contributed by atoms with Crippen molar-refractivity contribution in [2.75, 3.05) is 13.7 Å². The highest BCUT2D eigenvalue weighted by Crippen LogP contribution is 2.12. The number of benzene rings is 1. The van der Waals surface area contributed by atoms with Crippen molar-refractivity contribution in [3.05, 3.63) is 35.4 Å². The molecule has 1 aromatic carbocycles. The minimum absolute atomic E-state index is 0. The molecule has 5 heteroatoms. The van der Waals surface area contributed by atoms with Crippen molar-refractivity contribution in [2.45, 2.75) is 6.04 Å². The molecule has 3 N–H and O–H groups in total. The van der Waals surface area contributed by atoms with Gasteiger partial charge in [-0.1, -0.05) is 12.1 Å². The van der Waals surface area contributed by atoms with Crippen molar-refractivity contribution in [3.8, 4) is 0 Å². The first-order chi connectivity index (χ1) is 6.69. The number of aliphatic hydroxyl groups is 1. The van der Waals surface area contributed by atoms with Crippen LogP contribution >= 0.6 is 12.4 Å². The molecule has 1 atom stereocenters. The minimum atomic E-state index is -0.459. The van der Waals surface area contributed by atoms with E-state index in [0.717, 1.165) is 5.56 Å².